The summed E-state index contributed by atoms with van der Waals surface area (Å²) >= 11 is 0. The quantitative estimate of drug-likeness (QED) is 0.0243. The molecule has 1 aliphatic carbocycles. The lowest BCUT2D eigenvalue weighted by Gasteiger charge is -2.34. The molecule has 0 saturated carbocycles. The van der Waals surface area contributed by atoms with Crippen molar-refractivity contribution in [2.24, 2.45) is 0 Å². The van der Waals surface area contributed by atoms with Gasteiger partial charge in [-0.3, -0.25) is 19.3 Å². The molecular formula is C51H44N2O10. The number of para-hydroxylation sites is 2. The molecule has 0 heterocycles. The standard InChI is InChI=1S/C51H44N2O10/c1-3-47(54)58-31-33-62-52(35-60-41-15-7-5-8-16-41)49(56)37-23-27-39(28-24-37)51(45-21-13-11-19-43(45)44-20-12-14-22-46(44)51)40-29-25-38(26-30-40)50(57)53(63-34-32-59-48(55)4-2)36-61-42-17-9-6-10-18-42/h3-30H,1-2,31-36H2. The van der Waals surface area contributed by atoms with Crippen molar-refractivity contribution in [2.75, 3.05) is 39.9 Å². The minimum Gasteiger partial charge on any atom is -0.471 e. The van der Waals surface area contributed by atoms with Crippen LogP contribution in [0.5, 0.6) is 11.5 Å². The Bertz CT molecular complexity index is 2370. The van der Waals surface area contributed by atoms with Gasteiger partial charge in [-0.15, -0.1) is 0 Å². The summed E-state index contributed by atoms with van der Waals surface area (Å²) in [5.41, 5.74) is 5.68. The highest BCUT2D eigenvalue weighted by atomic mass is 16.7. The fourth-order valence-electron chi connectivity index (χ4n) is 7.34. The summed E-state index contributed by atoms with van der Waals surface area (Å²) in [6, 6.07) is 49.0. The predicted octanol–water partition coefficient (Wildman–Crippen LogP) is 8.33. The van der Waals surface area contributed by atoms with Gasteiger partial charge in [0.05, 0.1) is 5.41 Å². The van der Waals surface area contributed by atoms with Gasteiger partial charge >= 0.3 is 11.9 Å². The number of ether oxygens (including phenoxy) is 4. The van der Waals surface area contributed by atoms with E-state index in [-0.39, 0.29) is 39.9 Å². The Hall–Kier alpha value is -7.80. The van der Waals surface area contributed by atoms with Crippen molar-refractivity contribution in [2.45, 2.75) is 5.41 Å². The Morgan fingerprint density at radius 2 is 0.825 bits per heavy atom. The number of hydroxylamine groups is 4. The second-order valence-electron chi connectivity index (χ2n) is 13.9. The SMILES string of the molecule is C=CC(=O)OCCON(COc1ccccc1)C(=O)c1ccc(C2(c3ccc(C(=O)N(COc4ccccc4)OCCOC(=O)C=C)cc3)c3ccccc3-c3ccccc32)cc1. The highest BCUT2D eigenvalue weighted by Gasteiger charge is 2.46. The Morgan fingerprint density at radius 3 is 1.21 bits per heavy atom. The number of hydrogen-bond acceptors (Lipinski definition) is 10. The molecule has 1 aliphatic rings. The van der Waals surface area contributed by atoms with Crippen molar-refractivity contribution in [1.82, 2.24) is 10.1 Å². The van der Waals surface area contributed by atoms with Gasteiger partial charge in [0.1, 0.15) is 37.9 Å². The van der Waals surface area contributed by atoms with Crippen LogP contribution in [0.3, 0.4) is 0 Å². The molecule has 0 aromatic heterocycles. The minimum atomic E-state index is -0.861. The number of carbonyl (C=O) groups excluding carboxylic acids is 4. The molecule has 0 fully saturated rings. The van der Waals surface area contributed by atoms with Crippen molar-refractivity contribution in [3.05, 3.63) is 216 Å². The fourth-order valence-corrected chi connectivity index (χ4v) is 7.34. The molecule has 7 rings (SSSR count). The predicted molar refractivity (Wildman–Crippen MR) is 234 cm³/mol. The minimum absolute atomic E-state index is 0.105. The molecule has 0 radical (unpaired) electrons. The first-order chi connectivity index (χ1) is 30.8. The van der Waals surface area contributed by atoms with E-state index in [4.69, 9.17) is 28.6 Å². The molecule has 0 unspecified atom stereocenters. The maximum absolute atomic E-state index is 14.1. The molecule has 0 N–H and O–H groups in total. The first kappa shape index (κ1) is 43.3. The smallest absolute Gasteiger partial charge is 0.330 e. The number of amides is 2. The summed E-state index contributed by atoms with van der Waals surface area (Å²) in [7, 11) is 0. The summed E-state index contributed by atoms with van der Waals surface area (Å²) in [5, 5.41) is 2.17. The van der Waals surface area contributed by atoms with Gasteiger partial charge < -0.3 is 18.9 Å². The third-order valence-electron chi connectivity index (χ3n) is 10.2. The summed E-state index contributed by atoms with van der Waals surface area (Å²) in [4.78, 5) is 62.9. The summed E-state index contributed by atoms with van der Waals surface area (Å²) < 4.78 is 21.8. The molecular weight excluding hydrogens is 801 g/mol. The zero-order chi connectivity index (χ0) is 44.0. The molecule has 318 valence electrons. The molecule has 0 saturated heterocycles. The lowest BCUT2D eigenvalue weighted by atomic mass is 9.67. The summed E-state index contributed by atoms with van der Waals surface area (Å²) in [6.45, 7) is 5.91. The van der Waals surface area contributed by atoms with Gasteiger partial charge in [0.15, 0.2) is 13.5 Å². The zero-order valence-corrected chi connectivity index (χ0v) is 34.3. The van der Waals surface area contributed by atoms with Crippen LogP contribution in [0.1, 0.15) is 43.0 Å². The van der Waals surface area contributed by atoms with Crippen molar-refractivity contribution >= 4 is 23.8 Å². The highest BCUT2D eigenvalue weighted by Crippen LogP contribution is 2.56. The molecule has 12 nitrogen and oxygen atoms in total. The van der Waals surface area contributed by atoms with Gasteiger partial charge in [0, 0.05) is 23.3 Å². The maximum Gasteiger partial charge on any atom is 0.330 e. The molecule has 0 bridgehead atoms. The van der Waals surface area contributed by atoms with E-state index < -0.39 is 29.2 Å². The number of rotatable bonds is 20. The van der Waals surface area contributed by atoms with Crippen LogP contribution in [0.15, 0.2) is 183 Å². The van der Waals surface area contributed by atoms with Crippen molar-refractivity contribution in [3.63, 3.8) is 0 Å². The number of nitrogens with zero attached hydrogens (tertiary/aromatic N) is 2. The molecule has 6 aromatic rings. The second kappa shape index (κ2) is 20.6. The third-order valence-corrected chi connectivity index (χ3v) is 10.2. The molecule has 0 aliphatic heterocycles. The van der Waals surface area contributed by atoms with Crippen LogP contribution in [0.4, 0.5) is 0 Å². The van der Waals surface area contributed by atoms with E-state index in [0.29, 0.717) is 22.6 Å². The molecule has 0 spiro atoms. The molecule has 63 heavy (non-hydrogen) atoms. The molecule has 12 heteroatoms. The van der Waals surface area contributed by atoms with E-state index in [1.54, 1.807) is 48.5 Å². The van der Waals surface area contributed by atoms with Gasteiger partial charge in [-0.2, -0.15) is 10.1 Å². The largest absolute Gasteiger partial charge is 0.471 e. The second-order valence-corrected chi connectivity index (χ2v) is 13.9. The monoisotopic (exact) mass is 844 g/mol. The molecule has 0 atom stereocenters. The molecule has 2 amide bonds. The maximum atomic E-state index is 14.1. The van der Waals surface area contributed by atoms with E-state index in [2.05, 4.69) is 37.4 Å². The third kappa shape index (κ3) is 9.89. The Morgan fingerprint density at radius 1 is 0.460 bits per heavy atom. The fraction of sp³-hybridized carbons (Fsp3) is 0.137. The lowest BCUT2D eigenvalue weighted by molar-refractivity contribution is -0.168. The highest BCUT2D eigenvalue weighted by molar-refractivity contribution is 5.95. The topological polar surface area (TPSA) is 130 Å². The lowest BCUT2D eigenvalue weighted by Crippen LogP contribution is -2.36. The first-order valence-corrected chi connectivity index (χ1v) is 20.1. The van der Waals surface area contributed by atoms with E-state index >= 15 is 0 Å². The van der Waals surface area contributed by atoms with Gasteiger partial charge in [0.2, 0.25) is 0 Å². The Labute approximate surface area is 365 Å². The number of hydrogen-bond donors (Lipinski definition) is 0. The van der Waals surface area contributed by atoms with E-state index in [9.17, 15) is 19.2 Å². The van der Waals surface area contributed by atoms with Crippen molar-refractivity contribution < 1.29 is 47.8 Å². The molecule has 6 aromatic carbocycles. The normalized spacial score (nSPS) is 11.9. The van der Waals surface area contributed by atoms with Crippen LogP contribution in [0.25, 0.3) is 11.1 Å². The summed E-state index contributed by atoms with van der Waals surface area (Å²) in [6.07, 6.45) is 2.10. The summed E-state index contributed by atoms with van der Waals surface area (Å²) in [5.74, 6) is -1.09. The average Bonchev–Trinajstić information content (AvgIpc) is 3.64. The van der Waals surface area contributed by atoms with E-state index in [1.807, 2.05) is 84.9 Å². The van der Waals surface area contributed by atoms with Gasteiger partial charge in [-0.25, -0.2) is 9.59 Å². The number of esters is 2. The number of benzene rings is 6. The van der Waals surface area contributed by atoms with Crippen LogP contribution in [0, 0.1) is 0 Å². The van der Waals surface area contributed by atoms with Crippen LogP contribution < -0.4 is 9.47 Å². The number of carbonyl (C=O) groups is 4. The Balaban J connectivity index is 1.20. The van der Waals surface area contributed by atoms with Gasteiger partial charge in [-0.1, -0.05) is 122 Å². The van der Waals surface area contributed by atoms with Crippen LogP contribution in [0.2, 0.25) is 0 Å². The van der Waals surface area contributed by atoms with Crippen LogP contribution in [-0.4, -0.2) is 73.8 Å². The van der Waals surface area contributed by atoms with Gasteiger partial charge in [0.25, 0.3) is 11.8 Å². The van der Waals surface area contributed by atoms with Crippen LogP contribution in [-0.2, 0) is 34.2 Å². The average molecular weight is 845 g/mol. The van der Waals surface area contributed by atoms with Crippen molar-refractivity contribution in [3.8, 4) is 22.6 Å². The van der Waals surface area contributed by atoms with Crippen molar-refractivity contribution in [1.29, 1.82) is 0 Å². The van der Waals surface area contributed by atoms with Crippen LogP contribution >= 0.6 is 0 Å². The van der Waals surface area contributed by atoms with E-state index in [0.717, 1.165) is 55.7 Å². The number of fused-ring (bicyclic) bond motifs is 3. The van der Waals surface area contributed by atoms with E-state index in [1.165, 1.54) is 0 Å². The van der Waals surface area contributed by atoms with Gasteiger partial charge in [-0.05, 0) is 81.9 Å². The zero-order valence-electron chi connectivity index (χ0n) is 34.3. The Kier molecular flexibility index (Phi) is 14.2. The first-order valence-electron chi connectivity index (χ1n) is 20.1.